The van der Waals surface area contributed by atoms with Gasteiger partial charge >= 0.3 is 0 Å². The number of carbonyl (C=O) groups is 1. The van der Waals surface area contributed by atoms with Crippen molar-refractivity contribution in [3.63, 3.8) is 0 Å². The zero-order chi connectivity index (χ0) is 22.5. The molecule has 2 aromatic carbocycles. The molecule has 1 atom stereocenters. The average molecular weight is 431 g/mol. The Labute approximate surface area is 184 Å². The third-order valence-electron chi connectivity index (χ3n) is 4.85. The highest BCUT2D eigenvalue weighted by Gasteiger charge is 2.17. The number of imidazole rings is 1. The predicted molar refractivity (Wildman–Crippen MR) is 119 cm³/mol. The normalized spacial score (nSPS) is 11.7. The van der Waals surface area contributed by atoms with Gasteiger partial charge in [0.1, 0.15) is 23.7 Å². The summed E-state index contributed by atoms with van der Waals surface area (Å²) in [6.45, 7) is 2.12. The van der Waals surface area contributed by atoms with Gasteiger partial charge in [0, 0.05) is 30.2 Å². The molecule has 8 nitrogen and oxygen atoms in total. The smallest absolute Gasteiger partial charge is 0.272 e. The van der Waals surface area contributed by atoms with Crippen LogP contribution in [0.5, 0.6) is 0 Å². The molecule has 1 unspecified atom stereocenters. The fourth-order valence-corrected chi connectivity index (χ4v) is 3.17. The number of nitrogens with two attached hydrogens (primary N) is 1. The quantitative estimate of drug-likeness (QED) is 0.414. The first-order valence-corrected chi connectivity index (χ1v) is 10.00. The highest BCUT2D eigenvalue weighted by molar-refractivity contribution is 5.92. The van der Waals surface area contributed by atoms with Crippen LogP contribution < -0.4 is 16.4 Å². The molecule has 0 saturated heterocycles. The summed E-state index contributed by atoms with van der Waals surface area (Å²) in [7, 11) is 0. The second kappa shape index (κ2) is 9.36. The summed E-state index contributed by atoms with van der Waals surface area (Å²) >= 11 is 0. The van der Waals surface area contributed by atoms with Crippen LogP contribution in [0.1, 0.15) is 27.7 Å². The second-order valence-electron chi connectivity index (χ2n) is 7.17. The van der Waals surface area contributed by atoms with Crippen molar-refractivity contribution in [2.45, 2.75) is 13.0 Å². The Bertz CT molecular complexity index is 1210. The van der Waals surface area contributed by atoms with E-state index in [4.69, 9.17) is 5.73 Å². The van der Waals surface area contributed by atoms with E-state index < -0.39 is 0 Å². The van der Waals surface area contributed by atoms with E-state index in [1.807, 2.05) is 37.3 Å². The SMILES string of the molecule is Cc1cnc(Nc2ccc(F)cc2)nc1-n1cnc(C(=O)NC(CN)c2ccccc2)c1. The molecule has 1 amide bonds. The number of anilines is 2. The molecule has 4 N–H and O–H groups in total. The van der Waals surface area contributed by atoms with Crippen molar-refractivity contribution < 1.29 is 9.18 Å². The number of nitrogens with one attached hydrogen (secondary N) is 2. The first-order chi connectivity index (χ1) is 15.5. The van der Waals surface area contributed by atoms with Gasteiger partial charge in [-0.2, -0.15) is 4.98 Å². The van der Waals surface area contributed by atoms with E-state index >= 15 is 0 Å². The van der Waals surface area contributed by atoms with Gasteiger partial charge in [-0.25, -0.2) is 14.4 Å². The lowest BCUT2D eigenvalue weighted by molar-refractivity contribution is 0.0933. The Morgan fingerprint density at radius 2 is 1.88 bits per heavy atom. The molecule has 0 aliphatic heterocycles. The van der Waals surface area contributed by atoms with Crippen molar-refractivity contribution in [2.75, 3.05) is 11.9 Å². The zero-order valence-electron chi connectivity index (χ0n) is 17.4. The fourth-order valence-electron chi connectivity index (χ4n) is 3.17. The molecule has 4 aromatic rings. The van der Waals surface area contributed by atoms with E-state index in [1.54, 1.807) is 29.1 Å². The Kier molecular flexibility index (Phi) is 6.18. The van der Waals surface area contributed by atoms with Gasteiger partial charge in [-0.15, -0.1) is 0 Å². The number of nitrogens with zero attached hydrogens (tertiary/aromatic N) is 4. The Morgan fingerprint density at radius 3 is 2.59 bits per heavy atom. The lowest BCUT2D eigenvalue weighted by Crippen LogP contribution is -2.33. The number of carbonyl (C=O) groups excluding carboxylic acids is 1. The molecule has 0 aliphatic rings. The first-order valence-electron chi connectivity index (χ1n) is 10.00. The van der Waals surface area contributed by atoms with Crippen molar-refractivity contribution in [1.82, 2.24) is 24.8 Å². The number of amides is 1. The van der Waals surface area contributed by atoms with Crippen LogP contribution in [0.3, 0.4) is 0 Å². The highest BCUT2D eigenvalue weighted by Crippen LogP contribution is 2.18. The minimum absolute atomic E-state index is 0.241. The maximum absolute atomic E-state index is 13.1. The number of hydrogen-bond acceptors (Lipinski definition) is 6. The van der Waals surface area contributed by atoms with E-state index in [0.717, 1.165) is 11.1 Å². The van der Waals surface area contributed by atoms with Crippen LogP contribution in [-0.4, -0.2) is 32.0 Å². The van der Waals surface area contributed by atoms with Crippen LogP contribution in [0.15, 0.2) is 73.3 Å². The van der Waals surface area contributed by atoms with Gasteiger partial charge in [-0.1, -0.05) is 30.3 Å². The van der Waals surface area contributed by atoms with E-state index in [1.165, 1.54) is 18.5 Å². The second-order valence-corrected chi connectivity index (χ2v) is 7.17. The number of hydrogen-bond donors (Lipinski definition) is 3. The monoisotopic (exact) mass is 431 g/mol. The van der Waals surface area contributed by atoms with Crippen molar-refractivity contribution in [2.24, 2.45) is 5.73 Å². The summed E-state index contributed by atoms with van der Waals surface area (Å²) in [6.07, 6.45) is 4.78. The molecule has 0 saturated carbocycles. The molecule has 0 bridgehead atoms. The van der Waals surface area contributed by atoms with Crippen LogP contribution in [0.25, 0.3) is 5.82 Å². The Balaban J connectivity index is 1.52. The summed E-state index contributed by atoms with van der Waals surface area (Å²) in [6, 6.07) is 15.1. The molecule has 0 radical (unpaired) electrons. The van der Waals surface area contributed by atoms with Crippen LogP contribution in [0, 0.1) is 12.7 Å². The largest absolute Gasteiger partial charge is 0.343 e. The van der Waals surface area contributed by atoms with Crippen molar-refractivity contribution in [3.8, 4) is 5.82 Å². The average Bonchev–Trinajstić information content (AvgIpc) is 3.31. The molecule has 2 heterocycles. The predicted octanol–water partition coefficient (Wildman–Crippen LogP) is 3.28. The summed E-state index contributed by atoms with van der Waals surface area (Å²) in [4.78, 5) is 25.7. The van der Waals surface area contributed by atoms with E-state index in [9.17, 15) is 9.18 Å². The van der Waals surface area contributed by atoms with Crippen molar-refractivity contribution in [1.29, 1.82) is 0 Å². The molecule has 2 aromatic heterocycles. The molecule has 4 rings (SSSR count). The lowest BCUT2D eigenvalue weighted by atomic mass is 10.1. The topological polar surface area (TPSA) is 111 Å². The minimum Gasteiger partial charge on any atom is -0.343 e. The fraction of sp³-hybridized carbons (Fsp3) is 0.130. The van der Waals surface area contributed by atoms with E-state index in [0.29, 0.717) is 17.5 Å². The van der Waals surface area contributed by atoms with Gasteiger partial charge in [-0.3, -0.25) is 9.36 Å². The summed E-state index contributed by atoms with van der Waals surface area (Å²) < 4.78 is 14.8. The van der Waals surface area contributed by atoms with E-state index in [2.05, 4.69) is 25.6 Å². The van der Waals surface area contributed by atoms with Gasteiger partial charge in [0.2, 0.25) is 5.95 Å². The maximum atomic E-state index is 13.1. The Morgan fingerprint density at radius 1 is 1.12 bits per heavy atom. The van der Waals surface area contributed by atoms with Crippen molar-refractivity contribution >= 4 is 17.5 Å². The van der Waals surface area contributed by atoms with Gasteiger partial charge in [0.25, 0.3) is 5.91 Å². The highest BCUT2D eigenvalue weighted by atomic mass is 19.1. The maximum Gasteiger partial charge on any atom is 0.272 e. The van der Waals surface area contributed by atoms with Crippen LogP contribution in [0.4, 0.5) is 16.0 Å². The van der Waals surface area contributed by atoms with Gasteiger partial charge in [-0.05, 0) is 36.8 Å². The number of halogens is 1. The van der Waals surface area contributed by atoms with Gasteiger partial charge in [0.05, 0.1) is 6.04 Å². The van der Waals surface area contributed by atoms with Gasteiger partial charge < -0.3 is 16.4 Å². The third kappa shape index (κ3) is 4.79. The molecular weight excluding hydrogens is 409 g/mol. The molecule has 162 valence electrons. The summed E-state index contributed by atoms with van der Waals surface area (Å²) in [5.74, 6) is 0.243. The van der Waals surface area contributed by atoms with Gasteiger partial charge in [0.15, 0.2) is 0 Å². The Hall–Kier alpha value is -4.11. The molecular formula is C23H22FN7O. The van der Waals surface area contributed by atoms with Crippen LogP contribution >= 0.6 is 0 Å². The van der Waals surface area contributed by atoms with E-state index in [-0.39, 0.29) is 30.0 Å². The van der Waals surface area contributed by atoms with Crippen LogP contribution in [0.2, 0.25) is 0 Å². The number of benzene rings is 2. The zero-order valence-corrected chi connectivity index (χ0v) is 17.4. The number of rotatable bonds is 7. The standard InChI is InChI=1S/C23H22FN7O/c1-15-12-26-23(28-18-9-7-17(24)8-10-18)30-21(15)31-13-20(27-14-31)22(32)29-19(11-25)16-5-3-2-4-6-16/h2-10,12-14,19H,11,25H2,1H3,(H,29,32)(H,26,28,30). The lowest BCUT2D eigenvalue weighted by Gasteiger charge is -2.16. The molecule has 0 aliphatic carbocycles. The number of aryl methyl sites for hydroxylation is 1. The minimum atomic E-state index is -0.334. The third-order valence-corrected chi connectivity index (χ3v) is 4.85. The number of aromatic nitrogens is 4. The molecule has 0 spiro atoms. The molecule has 0 fully saturated rings. The molecule has 32 heavy (non-hydrogen) atoms. The summed E-state index contributed by atoms with van der Waals surface area (Å²) in [5, 5.41) is 5.95. The van der Waals surface area contributed by atoms with Crippen molar-refractivity contribution in [3.05, 3.63) is 96.0 Å². The summed E-state index contributed by atoms with van der Waals surface area (Å²) in [5.41, 5.74) is 8.46. The van der Waals surface area contributed by atoms with Crippen LogP contribution in [-0.2, 0) is 0 Å². The molecule has 9 heteroatoms. The first kappa shape index (κ1) is 21.1.